The summed E-state index contributed by atoms with van der Waals surface area (Å²) >= 11 is 3.58. The van der Waals surface area contributed by atoms with Gasteiger partial charge in [-0.3, -0.25) is 4.79 Å². The summed E-state index contributed by atoms with van der Waals surface area (Å²) in [6, 6.07) is 13.4. The lowest BCUT2D eigenvalue weighted by Gasteiger charge is -2.26. The zero-order valence-electron chi connectivity index (χ0n) is 22.6. The predicted molar refractivity (Wildman–Crippen MR) is 151 cm³/mol. The SMILES string of the molecule is COc1ccc(C(C)N2C[C@H](C(C)Oc3nc(-c4ccc(OC)c(OC)c4)cn4ncc(Br)c34)CC2=O)cc1. The van der Waals surface area contributed by atoms with Crippen LogP contribution in [0.2, 0.25) is 0 Å². The number of aromatic nitrogens is 3. The van der Waals surface area contributed by atoms with E-state index in [4.69, 9.17) is 23.9 Å². The average Bonchev–Trinajstić information content (AvgIpc) is 3.54. The lowest BCUT2D eigenvalue weighted by atomic mass is 10.0. The van der Waals surface area contributed by atoms with Crippen molar-refractivity contribution in [2.75, 3.05) is 27.9 Å². The van der Waals surface area contributed by atoms with E-state index in [1.807, 2.05) is 60.5 Å². The third kappa shape index (κ3) is 5.25. The molecule has 0 radical (unpaired) electrons. The van der Waals surface area contributed by atoms with Crippen LogP contribution in [0, 0.1) is 5.92 Å². The number of hydrogen-bond donors (Lipinski definition) is 0. The van der Waals surface area contributed by atoms with Gasteiger partial charge >= 0.3 is 0 Å². The van der Waals surface area contributed by atoms with E-state index in [0.717, 1.165) is 26.9 Å². The van der Waals surface area contributed by atoms with Gasteiger partial charge in [0.2, 0.25) is 11.8 Å². The monoisotopic (exact) mass is 594 g/mol. The fourth-order valence-corrected chi connectivity index (χ4v) is 5.39. The number of carbonyl (C=O) groups excluding carboxylic acids is 1. The maximum atomic E-state index is 13.0. The van der Waals surface area contributed by atoms with Gasteiger partial charge in [-0.15, -0.1) is 0 Å². The van der Waals surface area contributed by atoms with Crippen molar-refractivity contribution in [3.8, 4) is 34.4 Å². The molecule has 9 nitrogen and oxygen atoms in total. The summed E-state index contributed by atoms with van der Waals surface area (Å²) in [6.07, 6.45) is 3.70. The number of hydrogen-bond acceptors (Lipinski definition) is 7. The summed E-state index contributed by atoms with van der Waals surface area (Å²) in [5, 5.41) is 4.46. The van der Waals surface area contributed by atoms with Crippen LogP contribution in [0.1, 0.15) is 31.9 Å². The van der Waals surface area contributed by atoms with E-state index in [0.29, 0.717) is 36.0 Å². The molecule has 5 rings (SSSR count). The molecule has 3 atom stereocenters. The molecule has 1 amide bonds. The molecule has 0 aliphatic carbocycles. The molecule has 2 aromatic carbocycles. The molecular formula is C29H31BrN4O5. The summed E-state index contributed by atoms with van der Waals surface area (Å²) < 4.78 is 25.1. The molecule has 0 N–H and O–H groups in total. The van der Waals surface area contributed by atoms with E-state index < -0.39 is 0 Å². The van der Waals surface area contributed by atoms with Crippen molar-refractivity contribution in [2.24, 2.45) is 5.92 Å². The molecule has 0 spiro atoms. The molecule has 39 heavy (non-hydrogen) atoms. The Hall–Kier alpha value is -3.79. The lowest BCUT2D eigenvalue weighted by Crippen LogP contribution is -2.31. The highest BCUT2D eigenvalue weighted by Crippen LogP contribution is 2.36. The van der Waals surface area contributed by atoms with Gasteiger partial charge in [0.15, 0.2) is 11.5 Å². The highest BCUT2D eigenvalue weighted by atomic mass is 79.9. The molecule has 0 bridgehead atoms. The van der Waals surface area contributed by atoms with Crippen molar-refractivity contribution in [2.45, 2.75) is 32.4 Å². The molecule has 2 aromatic heterocycles. The van der Waals surface area contributed by atoms with Crippen LogP contribution >= 0.6 is 15.9 Å². The molecule has 3 heterocycles. The van der Waals surface area contributed by atoms with E-state index in [1.54, 1.807) is 32.0 Å². The van der Waals surface area contributed by atoms with Crippen molar-refractivity contribution < 1.29 is 23.7 Å². The van der Waals surface area contributed by atoms with Gasteiger partial charge in [0.05, 0.1) is 49.9 Å². The van der Waals surface area contributed by atoms with Crippen molar-refractivity contribution in [3.05, 3.63) is 64.9 Å². The van der Waals surface area contributed by atoms with E-state index in [1.165, 1.54) is 0 Å². The standard InChI is InChI=1S/C29H31BrN4O5/c1-17(19-6-9-22(36-3)10-7-19)33-15-21(13-27(33)35)18(2)39-29-28-23(30)14-31-34(28)16-24(32-29)20-8-11-25(37-4)26(12-20)38-5/h6-12,14,16-18,21H,13,15H2,1-5H3/t17?,18?,21-/m1/s1. The van der Waals surface area contributed by atoms with Gasteiger partial charge in [-0.05, 0) is 65.7 Å². The minimum absolute atomic E-state index is 0.00600. The number of methoxy groups -OCH3 is 3. The maximum Gasteiger partial charge on any atom is 0.242 e. The third-order valence-electron chi connectivity index (χ3n) is 7.31. The first-order valence-corrected chi connectivity index (χ1v) is 13.5. The summed E-state index contributed by atoms with van der Waals surface area (Å²) in [5.41, 5.74) is 3.28. The largest absolute Gasteiger partial charge is 0.497 e. The van der Waals surface area contributed by atoms with E-state index >= 15 is 0 Å². The predicted octanol–water partition coefficient (Wildman–Crippen LogP) is 5.56. The van der Waals surface area contributed by atoms with Gasteiger partial charge in [0.25, 0.3) is 0 Å². The smallest absolute Gasteiger partial charge is 0.242 e. The molecule has 0 saturated carbocycles. The number of nitrogens with zero attached hydrogens (tertiary/aromatic N) is 4. The number of benzene rings is 2. The number of halogens is 1. The van der Waals surface area contributed by atoms with Crippen molar-refractivity contribution in [1.29, 1.82) is 0 Å². The van der Waals surface area contributed by atoms with Crippen molar-refractivity contribution >= 4 is 27.4 Å². The second-order valence-electron chi connectivity index (χ2n) is 9.57. The van der Waals surface area contributed by atoms with E-state index in [9.17, 15) is 4.79 Å². The molecule has 4 aromatic rings. The molecule has 10 heteroatoms. The van der Waals surface area contributed by atoms with Gasteiger partial charge < -0.3 is 23.8 Å². The Morgan fingerprint density at radius 2 is 1.74 bits per heavy atom. The molecule has 204 valence electrons. The summed E-state index contributed by atoms with van der Waals surface area (Å²) in [6.45, 7) is 4.64. The number of rotatable bonds is 9. The van der Waals surface area contributed by atoms with Gasteiger partial charge in [-0.1, -0.05) is 12.1 Å². The number of fused-ring (bicyclic) bond motifs is 1. The van der Waals surface area contributed by atoms with Crippen LogP contribution < -0.4 is 18.9 Å². The first-order chi connectivity index (χ1) is 18.8. The second-order valence-corrected chi connectivity index (χ2v) is 10.4. The molecular weight excluding hydrogens is 564 g/mol. The lowest BCUT2D eigenvalue weighted by molar-refractivity contribution is -0.129. The summed E-state index contributed by atoms with van der Waals surface area (Å²) in [5.74, 6) is 2.58. The van der Waals surface area contributed by atoms with Gasteiger partial charge in [0.1, 0.15) is 17.4 Å². The van der Waals surface area contributed by atoms with Crippen LogP contribution in [0.5, 0.6) is 23.1 Å². The number of ether oxygens (including phenoxy) is 4. The first-order valence-electron chi connectivity index (χ1n) is 12.7. The molecule has 1 aliphatic rings. The zero-order valence-corrected chi connectivity index (χ0v) is 24.1. The van der Waals surface area contributed by atoms with Crippen LogP contribution in [-0.4, -0.2) is 59.4 Å². The average molecular weight is 595 g/mol. The Labute approximate surface area is 235 Å². The van der Waals surface area contributed by atoms with Gasteiger partial charge in [-0.2, -0.15) is 5.10 Å². The second kappa shape index (κ2) is 11.1. The first kappa shape index (κ1) is 26.8. The Bertz CT molecular complexity index is 1490. The maximum absolute atomic E-state index is 13.0. The number of amides is 1. The van der Waals surface area contributed by atoms with Crippen LogP contribution in [0.25, 0.3) is 16.8 Å². The van der Waals surface area contributed by atoms with Gasteiger partial charge in [0, 0.05) is 24.4 Å². The van der Waals surface area contributed by atoms with Crippen LogP contribution in [0.3, 0.4) is 0 Å². The van der Waals surface area contributed by atoms with E-state index in [-0.39, 0.29) is 24.0 Å². The Morgan fingerprint density at radius 1 is 1.00 bits per heavy atom. The Kier molecular flexibility index (Phi) is 7.65. The van der Waals surface area contributed by atoms with E-state index in [2.05, 4.69) is 28.0 Å². The number of likely N-dealkylation sites (tertiary alicyclic amines) is 1. The topological polar surface area (TPSA) is 87.4 Å². The van der Waals surface area contributed by atoms with Crippen LogP contribution in [0.4, 0.5) is 0 Å². The highest BCUT2D eigenvalue weighted by Gasteiger charge is 2.37. The third-order valence-corrected chi connectivity index (χ3v) is 7.90. The Morgan fingerprint density at radius 3 is 2.44 bits per heavy atom. The van der Waals surface area contributed by atoms with Gasteiger partial charge in [-0.25, -0.2) is 9.50 Å². The molecule has 1 fully saturated rings. The zero-order chi connectivity index (χ0) is 27.7. The fourth-order valence-electron chi connectivity index (χ4n) is 4.95. The fraction of sp³-hybridized carbons (Fsp3) is 0.345. The Balaban J connectivity index is 1.39. The van der Waals surface area contributed by atoms with Crippen molar-refractivity contribution in [1.82, 2.24) is 19.5 Å². The summed E-state index contributed by atoms with van der Waals surface area (Å²) in [4.78, 5) is 19.8. The van der Waals surface area contributed by atoms with Crippen LogP contribution in [0.15, 0.2) is 59.3 Å². The minimum atomic E-state index is -0.263. The van der Waals surface area contributed by atoms with Crippen molar-refractivity contribution in [3.63, 3.8) is 0 Å². The molecule has 2 unspecified atom stereocenters. The normalized spacial score (nSPS) is 16.8. The summed E-state index contributed by atoms with van der Waals surface area (Å²) in [7, 11) is 4.84. The number of carbonyl (C=O) groups is 1. The molecule has 1 aliphatic heterocycles. The quantitative estimate of drug-likeness (QED) is 0.250. The molecule has 1 saturated heterocycles. The van der Waals surface area contributed by atoms with Crippen LogP contribution in [-0.2, 0) is 4.79 Å². The highest BCUT2D eigenvalue weighted by molar-refractivity contribution is 9.10. The minimum Gasteiger partial charge on any atom is -0.497 e.